The summed E-state index contributed by atoms with van der Waals surface area (Å²) in [6.07, 6.45) is 3.76. The van der Waals surface area contributed by atoms with E-state index in [1.807, 2.05) is 55.5 Å². The lowest BCUT2D eigenvalue weighted by molar-refractivity contribution is 0.0920. The summed E-state index contributed by atoms with van der Waals surface area (Å²) in [5.41, 5.74) is 3.44. The van der Waals surface area contributed by atoms with Crippen molar-refractivity contribution in [2.24, 2.45) is 0 Å². The molecule has 0 radical (unpaired) electrons. The number of amides is 1. The average molecular weight is 412 g/mol. The van der Waals surface area contributed by atoms with E-state index in [2.05, 4.69) is 22.5 Å². The van der Waals surface area contributed by atoms with Crippen molar-refractivity contribution in [2.45, 2.75) is 38.8 Å². The molecular formula is C23H26ClN3O2. The Bertz CT molecular complexity index is 968. The van der Waals surface area contributed by atoms with Gasteiger partial charge in [-0.3, -0.25) is 4.79 Å². The molecule has 0 aliphatic carbocycles. The van der Waals surface area contributed by atoms with E-state index in [0.29, 0.717) is 22.8 Å². The first-order chi connectivity index (χ1) is 13.6. The molecule has 2 unspecified atom stereocenters. The monoisotopic (exact) mass is 411 g/mol. The Morgan fingerprint density at radius 3 is 2.69 bits per heavy atom. The van der Waals surface area contributed by atoms with Crippen LogP contribution in [0.2, 0.25) is 0 Å². The fourth-order valence-electron chi connectivity index (χ4n) is 3.60. The van der Waals surface area contributed by atoms with Crippen LogP contribution in [0.4, 0.5) is 0 Å². The summed E-state index contributed by atoms with van der Waals surface area (Å²) in [6, 6.07) is 15.9. The van der Waals surface area contributed by atoms with Gasteiger partial charge in [0, 0.05) is 23.2 Å². The highest BCUT2D eigenvalue weighted by Crippen LogP contribution is 2.28. The number of halogens is 1. The van der Waals surface area contributed by atoms with Gasteiger partial charge in [-0.25, -0.2) is 4.98 Å². The van der Waals surface area contributed by atoms with Crippen molar-refractivity contribution >= 4 is 18.3 Å². The van der Waals surface area contributed by atoms with E-state index < -0.39 is 0 Å². The molecule has 1 aliphatic rings. The number of nitrogens with zero attached hydrogens (tertiary/aromatic N) is 1. The fourth-order valence-corrected chi connectivity index (χ4v) is 3.60. The van der Waals surface area contributed by atoms with Crippen molar-refractivity contribution < 1.29 is 9.21 Å². The highest BCUT2D eigenvalue weighted by Gasteiger charge is 2.24. The molecule has 152 valence electrons. The van der Waals surface area contributed by atoms with Gasteiger partial charge in [0.2, 0.25) is 5.89 Å². The quantitative estimate of drug-likeness (QED) is 0.657. The van der Waals surface area contributed by atoms with Gasteiger partial charge < -0.3 is 15.1 Å². The van der Waals surface area contributed by atoms with Crippen LogP contribution in [0.15, 0.2) is 59.1 Å². The highest BCUT2D eigenvalue weighted by atomic mass is 35.5. The number of piperidine rings is 1. The zero-order chi connectivity index (χ0) is 19.5. The van der Waals surface area contributed by atoms with E-state index in [4.69, 9.17) is 4.42 Å². The number of benzene rings is 2. The minimum Gasteiger partial charge on any atom is -0.436 e. The Morgan fingerprint density at radius 2 is 1.93 bits per heavy atom. The lowest BCUT2D eigenvalue weighted by Gasteiger charge is -2.30. The third-order valence-electron chi connectivity index (χ3n) is 5.32. The molecule has 2 atom stereocenters. The predicted molar refractivity (Wildman–Crippen MR) is 117 cm³/mol. The lowest BCUT2D eigenvalue weighted by Crippen LogP contribution is -2.51. The van der Waals surface area contributed by atoms with Gasteiger partial charge >= 0.3 is 0 Å². The zero-order valence-corrected chi connectivity index (χ0v) is 17.5. The molecule has 0 spiro atoms. The maximum Gasteiger partial charge on any atom is 0.252 e. The Balaban J connectivity index is 0.00000240. The van der Waals surface area contributed by atoms with Crippen molar-refractivity contribution in [2.75, 3.05) is 6.54 Å². The molecule has 1 saturated heterocycles. The van der Waals surface area contributed by atoms with E-state index >= 15 is 0 Å². The minimum absolute atomic E-state index is 0. The number of nitrogens with one attached hydrogen (secondary N) is 2. The maximum atomic E-state index is 13.0. The predicted octanol–water partition coefficient (Wildman–Crippen LogP) is 4.61. The van der Waals surface area contributed by atoms with Gasteiger partial charge in [-0.05, 0) is 45.4 Å². The zero-order valence-electron chi connectivity index (χ0n) is 16.6. The molecule has 3 aromatic rings. The van der Waals surface area contributed by atoms with Crippen molar-refractivity contribution in [1.82, 2.24) is 15.6 Å². The molecule has 5 nitrogen and oxygen atoms in total. The van der Waals surface area contributed by atoms with Gasteiger partial charge in [-0.1, -0.05) is 42.0 Å². The van der Waals surface area contributed by atoms with E-state index in [1.165, 1.54) is 5.56 Å². The second-order valence-electron chi connectivity index (χ2n) is 7.41. The first-order valence-corrected chi connectivity index (χ1v) is 9.78. The average Bonchev–Trinajstić information content (AvgIpc) is 3.20. The third kappa shape index (κ3) is 4.69. The number of rotatable bonds is 4. The number of hydrogen-bond acceptors (Lipinski definition) is 4. The van der Waals surface area contributed by atoms with Crippen LogP contribution in [-0.2, 0) is 0 Å². The number of aryl methyl sites for hydroxylation is 1. The Labute approximate surface area is 177 Å². The molecule has 4 rings (SSSR count). The number of oxazole rings is 1. The molecule has 29 heavy (non-hydrogen) atoms. The van der Waals surface area contributed by atoms with Gasteiger partial charge in [-0.2, -0.15) is 0 Å². The number of carbonyl (C=O) groups is 1. The molecule has 1 aromatic heterocycles. The van der Waals surface area contributed by atoms with Gasteiger partial charge in [0.05, 0.1) is 11.8 Å². The van der Waals surface area contributed by atoms with Gasteiger partial charge in [0.1, 0.15) is 0 Å². The largest absolute Gasteiger partial charge is 0.436 e. The number of hydrogen-bond donors (Lipinski definition) is 2. The van der Waals surface area contributed by atoms with Crippen LogP contribution < -0.4 is 10.6 Å². The first kappa shape index (κ1) is 21.1. The molecule has 0 bridgehead atoms. The molecule has 2 heterocycles. The van der Waals surface area contributed by atoms with Crippen molar-refractivity contribution in [3.05, 3.63) is 65.9 Å². The number of carbonyl (C=O) groups excluding carboxylic acids is 1. The van der Waals surface area contributed by atoms with Crippen LogP contribution in [0.1, 0.15) is 35.7 Å². The summed E-state index contributed by atoms with van der Waals surface area (Å²) in [4.78, 5) is 17.4. The summed E-state index contributed by atoms with van der Waals surface area (Å²) in [5.74, 6) is 1.05. The van der Waals surface area contributed by atoms with Gasteiger partial charge in [0.25, 0.3) is 5.91 Å². The summed E-state index contributed by atoms with van der Waals surface area (Å²) in [5, 5.41) is 6.58. The molecule has 6 heteroatoms. The molecule has 0 saturated carbocycles. The fraction of sp³-hybridized carbons (Fsp3) is 0.304. The molecule has 1 amide bonds. The molecule has 1 aliphatic heterocycles. The molecule has 2 aromatic carbocycles. The molecular weight excluding hydrogens is 386 g/mol. The van der Waals surface area contributed by atoms with Gasteiger partial charge in [0.15, 0.2) is 5.76 Å². The lowest BCUT2D eigenvalue weighted by atomic mass is 9.98. The normalized spacial score (nSPS) is 18.7. The standard InChI is InChI=1S/C23H25N3O2.ClH/c1-15-9-11-17(12-10-15)21-14-25-23(28-21)19-7-4-3-6-18(19)22(27)26-20-8-5-13-24-16(20)2;/h3-4,6-7,9-12,14,16,20,24H,5,8,13H2,1-2H3,(H,26,27);1H. The van der Waals surface area contributed by atoms with Crippen LogP contribution in [0.25, 0.3) is 22.8 Å². The number of aromatic nitrogens is 1. The second kappa shape index (κ2) is 9.25. The third-order valence-corrected chi connectivity index (χ3v) is 5.32. The van der Waals surface area contributed by atoms with E-state index in [9.17, 15) is 4.79 Å². The Kier molecular flexibility index (Phi) is 6.72. The van der Waals surface area contributed by atoms with Crippen LogP contribution in [0, 0.1) is 6.92 Å². The van der Waals surface area contributed by atoms with Crippen molar-refractivity contribution in [1.29, 1.82) is 0 Å². The molecule has 2 N–H and O–H groups in total. The second-order valence-corrected chi connectivity index (χ2v) is 7.41. The van der Waals surface area contributed by atoms with E-state index in [0.717, 1.165) is 24.9 Å². The van der Waals surface area contributed by atoms with Crippen LogP contribution in [-0.4, -0.2) is 29.5 Å². The van der Waals surface area contributed by atoms with Crippen LogP contribution in [0.3, 0.4) is 0 Å². The first-order valence-electron chi connectivity index (χ1n) is 9.78. The van der Waals surface area contributed by atoms with Gasteiger partial charge in [-0.15, -0.1) is 12.4 Å². The summed E-state index contributed by atoms with van der Waals surface area (Å²) < 4.78 is 5.99. The summed E-state index contributed by atoms with van der Waals surface area (Å²) in [6.45, 7) is 5.16. The van der Waals surface area contributed by atoms with Crippen LogP contribution in [0.5, 0.6) is 0 Å². The smallest absolute Gasteiger partial charge is 0.252 e. The van der Waals surface area contributed by atoms with Crippen molar-refractivity contribution in [3.63, 3.8) is 0 Å². The Morgan fingerprint density at radius 1 is 1.17 bits per heavy atom. The SMILES string of the molecule is Cc1ccc(-c2cnc(-c3ccccc3C(=O)NC3CCCNC3C)o2)cc1.Cl. The topological polar surface area (TPSA) is 67.2 Å². The van der Waals surface area contributed by atoms with E-state index in [1.54, 1.807) is 6.20 Å². The summed E-state index contributed by atoms with van der Waals surface area (Å²) >= 11 is 0. The van der Waals surface area contributed by atoms with Crippen molar-refractivity contribution in [3.8, 4) is 22.8 Å². The minimum atomic E-state index is -0.0914. The Hall–Kier alpha value is -2.63. The highest BCUT2D eigenvalue weighted by molar-refractivity contribution is 6.00. The molecule has 1 fully saturated rings. The maximum absolute atomic E-state index is 13.0. The summed E-state index contributed by atoms with van der Waals surface area (Å²) in [7, 11) is 0. The van der Waals surface area contributed by atoms with E-state index in [-0.39, 0.29) is 30.4 Å². The van der Waals surface area contributed by atoms with Crippen LogP contribution >= 0.6 is 12.4 Å².